The monoisotopic (exact) mass is 420 g/mol. The van der Waals surface area contributed by atoms with E-state index in [1.165, 1.54) is 0 Å². The lowest BCUT2D eigenvalue weighted by Gasteiger charge is -2.23. The number of primary amides is 1. The predicted octanol–water partition coefficient (Wildman–Crippen LogP) is -3.58. The number of carboxylic acid groups (broad SMARTS) is 1. The van der Waals surface area contributed by atoms with Crippen LogP contribution in [0.25, 0.3) is 0 Å². The van der Waals surface area contributed by atoms with Gasteiger partial charge in [-0.05, 0) is 25.8 Å². The maximum atomic E-state index is 12.5. The lowest BCUT2D eigenvalue weighted by molar-refractivity contribution is -0.138. The zero-order valence-corrected chi connectivity index (χ0v) is 16.2. The third kappa shape index (κ3) is 10.7. The molecule has 0 aromatic carbocycles. The van der Waals surface area contributed by atoms with Crippen LogP contribution in [0.1, 0.15) is 25.7 Å². The molecule has 3 unspecified atom stereocenters. The van der Waals surface area contributed by atoms with Crippen LogP contribution in [0.4, 0.5) is 0 Å². The molecule has 0 aliphatic carbocycles. The van der Waals surface area contributed by atoms with Crippen LogP contribution in [0.2, 0.25) is 0 Å². The van der Waals surface area contributed by atoms with Gasteiger partial charge in [-0.1, -0.05) is 0 Å². The number of rotatable bonds is 14. The highest BCUT2D eigenvalue weighted by Gasteiger charge is 2.27. The maximum absolute atomic E-state index is 12.5. The Morgan fingerprint density at radius 3 is 2.07 bits per heavy atom. The molecule has 3 atom stereocenters. The van der Waals surface area contributed by atoms with Crippen LogP contribution in [-0.4, -0.2) is 71.7 Å². The number of carbonyl (C=O) groups is 5. The summed E-state index contributed by atoms with van der Waals surface area (Å²) >= 11 is 3.97. The predicted molar refractivity (Wildman–Crippen MR) is 103 cm³/mol. The molecule has 0 saturated carbocycles. The topological polar surface area (TPSA) is 220 Å². The number of amides is 4. The number of carbonyl (C=O) groups excluding carboxylic acids is 4. The normalized spacial score (nSPS) is 13.7. The van der Waals surface area contributed by atoms with E-state index in [4.69, 9.17) is 22.3 Å². The molecule has 0 spiro atoms. The molecule has 0 aliphatic rings. The molecule has 0 aliphatic heterocycles. The van der Waals surface area contributed by atoms with Crippen LogP contribution >= 0.6 is 12.6 Å². The summed E-state index contributed by atoms with van der Waals surface area (Å²) in [5.74, 6) is -4.26. The van der Waals surface area contributed by atoms with E-state index in [0.717, 1.165) is 0 Å². The van der Waals surface area contributed by atoms with Crippen LogP contribution in [0.3, 0.4) is 0 Å². The van der Waals surface area contributed by atoms with E-state index in [1.807, 2.05) is 0 Å². The highest BCUT2D eigenvalue weighted by atomic mass is 32.1. The van der Waals surface area contributed by atoms with Gasteiger partial charge in [0.1, 0.15) is 18.6 Å². The molecule has 13 heteroatoms. The fraction of sp³-hybridized carbons (Fsp3) is 0.667. The Morgan fingerprint density at radius 1 is 0.964 bits per heavy atom. The van der Waals surface area contributed by atoms with E-state index < -0.39 is 54.3 Å². The Bertz CT molecular complexity index is 575. The smallest absolute Gasteiger partial charge is 0.322 e. The number of unbranched alkanes of at least 4 members (excludes halogenated alkanes) is 1. The Kier molecular flexibility index (Phi) is 12.6. The summed E-state index contributed by atoms with van der Waals surface area (Å²) in [6.07, 6.45) is 0.937. The van der Waals surface area contributed by atoms with Gasteiger partial charge in [0.2, 0.25) is 23.6 Å². The van der Waals surface area contributed by atoms with Crippen molar-refractivity contribution in [3.63, 3.8) is 0 Å². The third-order valence-electron chi connectivity index (χ3n) is 3.57. The van der Waals surface area contributed by atoms with E-state index in [0.29, 0.717) is 19.4 Å². The van der Waals surface area contributed by atoms with Gasteiger partial charge in [-0.3, -0.25) is 24.0 Å². The second kappa shape index (κ2) is 13.7. The molecule has 0 aromatic heterocycles. The molecule has 0 heterocycles. The van der Waals surface area contributed by atoms with Crippen molar-refractivity contribution < 1.29 is 29.1 Å². The molecule has 0 bridgehead atoms. The van der Waals surface area contributed by atoms with Crippen molar-refractivity contribution in [2.24, 2.45) is 17.2 Å². The molecular weight excluding hydrogens is 392 g/mol. The first-order chi connectivity index (χ1) is 13.1. The van der Waals surface area contributed by atoms with Crippen LogP contribution in [0, 0.1) is 0 Å². The molecule has 0 rings (SSSR count). The van der Waals surface area contributed by atoms with Gasteiger partial charge in [0.05, 0.1) is 12.5 Å². The molecule has 10 N–H and O–H groups in total. The number of nitrogens with one attached hydrogen (secondary N) is 3. The quantitative estimate of drug-likeness (QED) is 0.103. The molecular formula is C15H28N6O6S. The van der Waals surface area contributed by atoms with Crippen molar-refractivity contribution in [2.75, 3.05) is 18.8 Å². The summed E-state index contributed by atoms with van der Waals surface area (Å²) in [4.78, 5) is 57.9. The Morgan fingerprint density at radius 2 is 1.57 bits per heavy atom. The van der Waals surface area contributed by atoms with Gasteiger partial charge in [0.25, 0.3) is 0 Å². The zero-order chi connectivity index (χ0) is 21.7. The van der Waals surface area contributed by atoms with Gasteiger partial charge >= 0.3 is 5.97 Å². The minimum atomic E-state index is -1.24. The summed E-state index contributed by atoms with van der Waals surface area (Å²) in [7, 11) is 0. The van der Waals surface area contributed by atoms with Crippen molar-refractivity contribution >= 4 is 42.2 Å². The molecule has 0 fully saturated rings. The van der Waals surface area contributed by atoms with Crippen molar-refractivity contribution in [1.29, 1.82) is 0 Å². The van der Waals surface area contributed by atoms with E-state index in [-0.39, 0.29) is 18.6 Å². The molecule has 4 amide bonds. The maximum Gasteiger partial charge on any atom is 0.322 e. The average Bonchev–Trinajstić information content (AvgIpc) is 2.62. The standard InChI is InChI=1S/C15H28N6O6S/c16-4-2-1-3-9(20-13(25)8(17)5-11(18)22)15(27)21-10(7-28)14(26)19-6-12(23)24/h8-10,28H,1-7,16-17H2,(H2,18,22)(H,19,26)(H,20,25)(H,21,27)(H,23,24). The van der Waals surface area contributed by atoms with Crippen molar-refractivity contribution in [2.45, 2.75) is 43.8 Å². The van der Waals surface area contributed by atoms with Gasteiger partial charge < -0.3 is 38.3 Å². The van der Waals surface area contributed by atoms with Crippen molar-refractivity contribution in [3.8, 4) is 0 Å². The largest absolute Gasteiger partial charge is 0.480 e. The van der Waals surface area contributed by atoms with E-state index in [2.05, 4.69) is 28.6 Å². The summed E-state index contributed by atoms with van der Waals surface area (Å²) in [5, 5.41) is 15.6. The van der Waals surface area contributed by atoms with E-state index in [1.54, 1.807) is 0 Å². The van der Waals surface area contributed by atoms with Crippen LogP contribution in [-0.2, 0) is 24.0 Å². The number of hydrogen-bond donors (Lipinski definition) is 8. The first-order valence-electron chi connectivity index (χ1n) is 8.57. The minimum absolute atomic E-state index is 0.0954. The van der Waals surface area contributed by atoms with Crippen LogP contribution < -0.4 is 33.2 Å². The average molecular weight is 420 g/mol. The number of aliphatic carboxylic acids is 1. The fourth-order valence-corrected chi connectivity index (χ4v) is 2.36. The first kappa shape index (κ1) is 25.6. The van der Waals surface area contributed by atoms with Gasteiger partial charge in [0, 0.05) is 5.75 Å². The lowest BCUT2D eigenvalue weighted by atomic mass is 10.1. The Hall–Kier alpha value is -2.38. The van der Waals surface area contributed by atoms with Crippen molar-refractivity contribution in [1.82, 2.24) is 16.0 Å². The van der Waals surface area contributed by atoms with E-state index in [9.17, 15) is 24.0 Å². The summed E-state index contributed by atoms with van der Waals surface area (Å²) in [5.41, 5.74) is 16.0. The van der Waals surface area contributed by atoms with Gasteiger partial charge in [-0.15, -0.1) is 0 Å². The highest BCUT2D eigenvalue weighted by Crippen LogP contribution is 2.03. The lowest BCUT2D eigenvalue weighted by Crippen LogP contribution is -2.56. The summed E-state index contributed by atoms with van der Waals surface area (Å²) in [6.45, 7) is -0.224. The first-order valence-corrected chi connectivity index (χ1v) is 9.20. The van der Waals surface area contributed by atoms with E-state index >= 15 is 0 Å². The molecule has 12 nitrogen and oxygen atoms in total. The molecule has 160 valence electrons. The summed E-state index contributed by atoms with van der Waals surface area (Å²) in [6, 6.07) is -3.36. The Balaban J connectivity index is 5.02. The number of nitrogens with two attached hydrogens (primary N) is 3. The van der Waals surface area contributed by atoms with Crippen LogP contribution in [0.15, 0.2) is 0 Å². The van der Waals surface area contributed by atoms with Gasteiger partial charge in [-0.2, -0.15) is 12.6 Å². The Labute approximate surface area is 167 Å². The zero-order valence-electron chi connectivity index (χ0n) is 15.3. The second-order valence-electron chi connectivity index (χ2n) is 5.98. The molecule has 0 saturated heterocycles. The SMILES string of the molecule is NCCCCC(NC(=O)C(N)CC(N)=O)C(=O)NC(CS)C(=O)NCC(=O)O. The third-order valence-corrected chi connectivity index (χ3v) is 3.93. The number of thiol groups is 1. The van der Waals surface area contributed by atoms with Gasteiger partial charge in [0.15, 0.2) is 0 Å². The minimum Gasteiger partial charge on any atom is -0.480 e. The molecule has 0 aromatic rings. The van der Waals surface area contributed by atoms with Gasteiger partial charge in [-0.25, -0.2) is 0 Å². The second-order valence-corrected chi connectivity index (χ2v) is 6.34. The number of hydrogen-bond acceptors (Lipinski definition) is 8. The van der Waals surface area contributed by atoms with Crippen molar-refractivity contribution in [3.05, 3.63) is 0 Å². The molecule has 28 heavy (non-hydrogen) atoms. The summed E-state index contributed by atoms with van der Waals surface area (Å²) < 4.78 is 0. The molecule has 0 radical (unpaired) electrons. The fourth-order valence-electron chi connectivity index (χ4n) is 2.10. The highest BCUT2D eigenvalue weighted by molar-refractivity contribution is 7.80. The van der Waals surface area contributed by atoms with Crippen LogP contribution in [0.5, 0.6) is 0 Å². The number of carboxylic acids is 1.